The summed E-state index contributed by atoms with van der Waals surface area (Å²) in [5.41, 5.74) is 0. The molecule has 0 spiro atoms. The second kappa shape index (κ2) is 7.69. The lowest BCUT2D eigenvalue weighted by Crippen LogP contribution is -2.48. The van der Waals surface area contributed by atoms with Gasteiger partial charge in [-0.2, -0.15) is 0 Å². The summed E-state index contributed by atoms with van der Waals surface area (Å²) in [6.45, 7) is 8.16. The third-order valence-electron chi connectivity index (χ3n) is 3.55. The minimum absolute atomic E-state index is 0.1000. The Morgan fingerprint density at radius 2 is 2.00 bits per heavy atom. The van der Waals surface area contributed by atoms with Crippen molar-refractivity contribution >= 4 is 5.91 Å². The van der Waals surface area contributed by atoms with Gasteiger partial charge in [0.15, 0.2) is 11.5 Å². The molecule has 5 nitrogen and oxygen atoms in total. The quantitative estimate of drug-likeness (QED) is 0.807. The van der Waals surface area contributed by atoms with Crippen LogP contribution in [0.2, 0.25) is 0 Å². The van der Waals surface area contributed by atoms with Gasteiger partial charge in [-0.05, 0) is 12.1 Å². The number of hydrogen-bond acceptors (Lipinski definition) is 4. The van der Waals surface area contributed by atoms with Crippen LogP contribution >= 0.6 is 0 Å². The Hall–Kier alpha value is -2.01. The average molecular weight is 290 g/mol. The number of ether oxygens (including phenoxy) is 1. The predicted molar refractivity (Wildman–Crippen MR) is 81.4 cm³/mol. The summed E-state index contributed by atoms with van der Waals surface area (Å²) in [5.74, 6) is 0.618. The second-order valence-electron chi connectivity index (χ2n) is 5.04. The van der Waals surface area contributed by atoms with Gasteiger partial charge in [-0.25, -0.2) is 0 Å². The maximum Gasteiger partial charge on any atom is 0.226 e. The maximum absolute atomic E-state index is 12.1. The summed E-state index contributed by atoms with van der Waals surface area (Å²) in [6, 6.07) is 6.77. The molecule has 1 aromatic rings. The fourth-order valence-corrected chi connectivity index (χ4v) is 2.35. The standard InChI is InChI=1S/C16H22N2O3/c1-2-8-17-9-11-18(12-10-17)16(20)7-13-21-15-6-4-3-5-14(15)19/h2-6,19H,1,7-13H2. The number of hydrogen-bond donors (Lipinski definition) is 1. The van der Waals surface area contributed by atoms with Gasteiger partial charge in [0.2, 0.25) is 5.91 Å². The zero-order valence-electron chi connectivity index (χ0n) is 12.2. The van der Waals surface area contributed by atoms with Crippen LogP contribution in [0.5, 0.6) is 11.5 Å². The molecular formula is C16H22N2O3. The van der Waals surface area contributed by atoms with Gasteiger partial charge in [-0.1, -0.05) is 18.2 Å². The molecule has 21 heavy (non-hydrogen) atoms. The van der Waals surface area contributed by atoms with Crippen LogP contribution in [0, 0.1) is 0 Å². The molecule has 0 unspecified atom stereocenters. The largest absolute Gasteiger partial charge is 0.504 e. The zero-order valence-corrected chi connectivity index (χ0v) is 12.2. The summed E-state index contributed by atoms with van der Waals surface area (Å²) >= 11 is 0. The summed E-state index contributed by atoms with van der Waals surface area (Å²) in [5, 5.41) is 9.57. The van der Waals surface area contributed by atoms with Crippen molar-refractivity contribution < 1.29 is 14.6 Å². The lowest BCUT2D eigenvalue weighted by atomic mass is 10.2. The number of para-hydroxylation sites is 2. The van der Waals surface area contributed by atoms with Crippen molar-refractivity contribution in [3.63, 3.8) is 0 Å². The smallest absolute Gasteiger partial charge is 0.226 e. The number of piperazine rings is 1. The molecule has 0 aromatic heterocycles. The first-order valence-electron chi connectivity index (χ1n) is 7.22. The molecule has 1 saturated heterocycles. The second-order valence-corrected chi connectivity index (χ2v) is 5.04. The molecule has 114 valence electrons. The number of benzene rings is 1. The number of amides is 1. The Morgan fingerprint density at radius 3 is 2.67 bits per heavy atom. The average Bonchev–Trinajstić information content (AvgIpc) is 2.50. The van der Waals surface area contributed by atoms with Crippen molar-refractivity contribution in [2.24, 2.45) is 0 Å². The van der Waals surface area contributed by atoms with Crippen molar-refractivity contribution in [3.8, 4) is 11.5 Å². The fraction of sp³-hybridized carbons (Fsp3) is 0.438. The van der Waals surface area contributed by atoms with Crippen molar-refractivity contribution in [1.82, 2.24) is 9.80 Å². The van der Waals surface area contributed by atoms with Gasteiger partial charge in [-0.3, -0.25) is 9.69 Å². The molecule has 1 N–H and O–H groups in total. The molecule has 0 aliphatic carbocycles. The highest BCUT2D eigenvalue weighted by atomic mass is 16.5. The number of carbonyl (C=O) groups is 1. The Balaban J connectivity index is 1.71. The van der Waals surface area contributed by atoms with Gasteiger partial charge in [0.05, 0.1) is 13.0 Å². The summed E-state index contributed by atoms with van der Waals surface area (Å²) in [4.78, 5) is 16.2. The molecule has 1 amide bonds. The lowest BCUT2D eigenvalue weighted by Gasteiger charge is -2.34. The lowest BCUT2D eigenvalue weighted by molar-refractivity contribution is -0.133. The highest BCUT2D eigenvalue weighted by Gasteiger charge is 2.20. The Labute approximate surface area is 125 Å². The topological polar surface area (TPSA) is 53.0 Å². The van der Waals surface area contributed by atoms with Crippen LogP contribution in [0.3, 0.4) is 0 Å². The molecule has 1 aromatic carbocycles. The van der Waals surface area contributed by atoms with Crippen LogP contribution in [-0.4, -0.2) is 60.1 Å². The minimum atomic E-state index is 0.1000. The van der Waals surface area contributed by atoms with E-state index >= 15 is 0 Å². The van der Waals surface area contributed by atoms with Crippen molar-refractivity contribution in [2.75, 3.05) is 39.3 Å². The molecule has 1 fully saturated rings. The summed E-state index contributed by atoms with van der Waals surface area (Å²) in [7, 11) is 0. The first-order chi connectivity index (χ1) is 10.2. The van der Waals surface area contributed by atoms with Crippen LogP contribution in [-0.2, 0) is 4.79 Å². The Morgan fingerprint density at radius 1 is 1.29 bits per heavy atom. The highest BCUT2D eigenvalue weighted by molar-refractivity contribution is 5.76. The molecule has 1 heterocycles. The highest BCUT2D eigenvalue weighted by Crippen LogP contribution is 2.24. The van der Waals surface area contributed by atoms with E-state index in [0.717, 1.165) is 32.7 Å². The van der Waals surface area contributed by atoms with Crippen molar-refractivity contribution in [2.45, 2.75) is 6.42 Å². The van der Waals surface area contributed by atoms with Gasteiger partial charge in [0.25, 0.3) is 0 Å². The molecule has 5 heteroatoms. The van der Waals surface area contributed by atoms with Crippen LogP contribution in [0.15, 0.2) is 36.9 Å². The molecule has 0 atom stereocenters. The molecule has 1 aliphatic rings. The number of phenols is 1. The van der Waals surface area contributed by atoms with Gasteiger partial charge in [-0.15, -0.1) is 6.58 Å². The van der Waals surface area contributed by atoms with E-state index in [1.54, 1.807) is 24.3 Å². The first kappa shape index (κ1) is 15.4. The maximum atomic E-state index is 12.1. The number of nitrogens with zero attached hydrogens (tertiary/aromatic N) is 2. The van der Waals surface area contributed by atoms with Gasteiger partial charge in [0, 0.05) is 32.7 Å². The number of phenolic OH excluding ortho intramolecular Hbond substituents is 1. The van der Waals surface area contributed by atoms with Gasteiger partial charge >= 0.3 is 0 Å². The third-order valence-corrected chi connectivity index (χ3v) is 3.55. The van der Waals surface area contributed by atoms with Crippen molar-refractivity contribution in [1.29, 1.82) is 0 Å². The molecule has 1 aliphatic heterocycles. The van der Waals surface area contributed by atoms with E-state index in [2.05, 4.69) is 11.5 Å². The van der Waals surface area contributed by atoms with Crippen LogP contribution < -0.4 is 4.74 Å². The van der Waals surface area contributed by atoms with E-state index in [1.807, 2.05) is 11.0 Å². The van der Waals surface area contributed by atoms with Gasteiger partial charge in [0.1, 0.15) is 0 Å². The van der Waals surface area contributed by atoms with E-state index in [1.165, 1.54) is 0 Å². The Kier molecular flexibility index (Phi) is 5.63. The first-order valence-corrected chi connectivity index (χ1v) is 7.22. The minimum Gasteiger partial charge on any atom is -0.504 e. The monoisotopic (exact) mass is 290 g/mol. The summed E-state index contributed by atoms with van der Waals surface area (Å²) < 4.78 is 5.44. The third kappa shape index (κ3) is 4.49. The van der Waals surface area contributed by atoms with E-state index in [-0.39, 0.29) is 18.3 Å². The van der Waals surface area contributed by atoms with Crippen LogP contribution in [0.4, 0.5) is 0 Å². The van der Waals surface area contributed by atoms with E-state index in [4.69, 9.17) is 4.74 Å². The summed E-state index contributed by atoms with van der Waals surface area (Å²) in [6.07, 6.45) is 2.22. The number of aromatic hydroxyl groups is 1. The van der Waals surface area contributed by atoms with E-state index in [0.29, 0.717) is 12.2 Å². The zero-order chi connectivity index (χ0) is 15.1. The molecule has 0 bridgehead atoms. The Bertz CT molecular complexity index is 482. The number of carbonyl (C=O) groups excluding carboxylic acids is 1. The van der Waals surface area contributed by atoms with Crippen molar-refractivity contribution in [3.05, 3.63) is 36.9 Å². The fourth-order valence-electron chi connectivity index (χ4n) is 2.35. The normalized spacial score (nSPS) is 15.7. The molecule has 0 radical (unpaired) electrons. The van der Waals surface area contributed by atoms with Crippen LogP contribution in [0.25, 0.3) is 0 Å². The number of rotatable bonds is 6. The van der Waals surface area contributed by atoms with Crippen LogP contribution in [0.1, 0.15) is 6.42 Å². The molecule has 2 rings (SSSR count). The van der Waals surface area contributed by atoms with E-state index in [9.17, 15) is 9.90 Å². The van der Waals surface area contributed by atoms with E-state index < -0.39 is 0 Å². The SMILES string of the molecule is C=CCN1CCN(C(=O)CCOc2ccccc2O)CC1. The molecule has 0 saturated carbocycles. The molecular weight excluding hydrogens is 268 g/mol. The predicted octanol–water partition coefficient (Wildman–Crippen LogP) is 1.49. The van der Waals surface area contributed by atoms with Gasteiger partial charge < -0.3 is 14.7 Å².